The van der Waals surface area contributed by atoms with Gasteiger partial charge in [-0.2, -0.15) is 0 Å². The molecule has 0 aliphatic heterocycles. The number of imidazole rings is 1. The van der Waals surface area contributed by atoms with Crippen molar-refractivity contribution in [1.29, 1.82) is 0 Å². The second-order valence-electron chi connectivity index (χ2n) is 4.74. The SMILES string of the molecule is Cn1c(-c2csc(-c3ncccn3)n2)nc2cc(Cl)ccc21. The van der Waals surface area contributed by atoms with E-state index in [-0.39, 0.29) is 0 Å². The Balaban J connectivity index is 1.83. The highest BCUT2D eigenvalue weighted by Gasteiger charge is 2.14. The molecule has 3 aromatic heterocycles. The van der Waals surface area contributed by atoms with Gasteiger partial charge in [-0.05, 0) is 24.3 Å². The Kier molecular flexibility index (Phi) is 3.13. The summed E-state index contributed by atoms with van der Waals surface area (Å²) in [5.74, 6) is 1.43. The molecule has 0 radical (unpaired) electrons. The number of halogens is 1. The lowest BCUT2D eigenvalue weighted by atomic mass is 10.3. The summed E-state index contributed by atoms with van der Waals surface area (Å²) in [7, 11) is 1.97. The minimum absolute atomic E-state index is 0.626. The summed E-state index contributed by atoms with van der Waals surface area (Å²) in [6.07, 6.45) is 3.42. The smallest absolute Gasteiger partial charge is 0.188 e. The highest BCUT2D eigenvalue weighted by Crippen LogP contribution is 2.29. The molecule has 0 amide bonds. The Morgan fingerprint density at radius 3 is 2.77 bits per heavy atom. The van der Waals surface area contributed by atoms with Crippen LogP contribution in [0.3, 0.4) is 0 Å². The molecule has 0 N–H and O–H groups in total. The third-order valence-electron chi connectivity index (χ3n) is 3.33. The number of nitrogens with zero attached hydrogens (tertiary/aromatic N) is 5. The highest BCUT2D eigenvalue weighted by molar-refractivity contribution is 7.13. The van der Waals surface area contributed by atoms with Crippen LogP contribution in [0, 0.1) is 0 Å². The number of aryl methyl sites for hydroxylation is 1. The summed E-state index contributed by atoms with van der Waals surface area (Å²) < 4.78 is 2.01. The lowest BCUT2D eigenvalue weighted by Crippen LogP contribution is -1.93. The van der Waals surface area contributed by atoms with Crippen molar-refractivity contribution in [2.45, 2.75) is 0 Å². The van der Waals surface area contributed by atoms with Gasteiger partial charge in [0.15, 0.2) is 16.7 Å². The molecule has 108 valence electrons. The van der Waals surface area contributed by atoms with Crippen LogP contribution < -0.4 is 0 Å². The molecule has 5 nitrogen and oxygen atoms in total. The van der Waals surface area contributed by atoms with E-state index in [0.717, 1.165) is 27.6 Å². The number of rotatable bonds is 2. The second-order valence-corrected chi connectivity index (χ2v) is 6.03. The van der Waals surface area contributed by atoms with Crippen molar-refractivity contribution in [3.8, 4) is 22.4 Å². The normalized spacial score (nSPS) is 11.2. The molecule has 4 rings (SSSR count). The van der Waals surface area contributed by atoms with Crippen molar-refractivity contribution >= 4 is 34.0 Å². The summed E-state index contributed by atoms with van der Waals surface area (Å²) >= 11 is 7.53. The van der Waals surface area contributed by atoms with Crippen LogP contribution in [-0.4, -0.2) is 24.5 Å². The molecule has 1 aromatic carbocycles. The monoisotopic (exact) mass is 327 g/mol. The van der Waals surface area contributed by atoms with E-state index >= 15 is 0 Å². The minimum atomic E-state index is 0.626. The average Bonchev–Trinajstić information content (AvgIpc) is 3.13. The van der Waals surface area contributed by atoms with E-state index in [9.17, 15) is 0 Å². The molecule has 0 fully saturated rings. The van der Waals surface area contributed by atoms with Gasteiger partial charge < -0.3 is 4.57 Å². The maximum absolute atomic E-state index is 6.03. The van der Waals surface area contributed by atoms with E-state index in [1.807, 2.05) is 35.2 Å². The Morgan fingerprint density at radius 1 is 1.14 bits per heavy atom. The maximum Gasteiger partial charge on any atom is 0.188 e. The van der Waals surface area contributed by atoms with Gasteiger partial charge in [0.05, 0.1) is 11.0 Å². The molecule has 0 saturated carbocycles. The second kappa shape index (κ2) is 5.15. The van der Waals surface area contributed by atoms with Crippen LogP contribution in [0.25, 0.3) is 33.4 Å². The standard InChI is InChI=1S/C15H10ClN5S/c1-21-12-4-3-9(16)7-10(12)19-14(21)11-8-22-15(20-11)13-17-5-2-6-18-13/h2-8H,1H3. The minimum Gasteiger partial charge on any atom is -0.326 e. The summed E-state index contributed by atoms with van der Waals surface area (Å²) in [5, 5.41) is 3.42. The van der Waals surface area contributed by atoms with Crippen LogP contribution in [-0.2, 0) is 7.05 Å². The molecule has 7 heteroatoms. The fraction of sp³-hybridized carbons (Fsp3) is 0.0667. The van der Waals surface area contributed by atoms with Gasteiger partial charge in [-0.15, -0.1) is 11.3 Å². The molecule has 22 heavy (non-hydrogen) atoms. The Morgan fingerprint density at radius 2 is 1.95 bits per heavy atom. The zero-order chi connectivity index (χ0) is 15.1. The first kappa shape index (κ1) is 13.4. The summed E-state index contributed by atoms with van der Waals surface area (Å²) in [6.45, 7) is 0. The van der Waals surface area contributed by atoms with E-state index in [1.165, 1.54) is 11.3 Å². The number of hydrogen-bond donors (Lipinski definition) is 0. The van der Waals surface area contributed by atoms with Crippen molar-refractivity contribution in [1.82, 2.24) is 24.5 Å². The third-order valence-corrected chi connectivity index (χ3v) is 4.41. The predicted octanol–water partition coefficient (Wildman–Crippen LogP) is 3.81. The summed E-state index contributed by atoms with van der Waals surface area (Å²) in [5.41, 5.74) is 2.68. The maximum atomic E-state index is 6.03. The lowest BCUT2D eigenvalue weighted by Gasteiger charge is -1.98. The summed E-state index contributed by atoms with van der Waals surface area (Å²) in [4.78, 5) is 17.7. The van der Waals surface area contributed by atoms with Crippen molar-refractivity contribution < 1.29 is 0 Å². The molecule has 0 aliphatic rings. The number of aromatic nitrogens is 5. The van der Waals surface area contributed by atoms with Crippen molar-refractivity contribution in [3.05, 3.63) is 47.1 Å². The van der Waals surface area contributed by atoms with Crippen LogP contribution in [0.4, 0.5) is 0 Å². The van der Waals surface area contributed by atoms with Crippen molar-refractivity contribution in [2.75, 3.05) is 0 Å². The van der Waals surface area contributed by atoms with Crippen LogP contribution in [0.5, 0.6) is 0 Å². The Hall–Kier alpha value is -2.31. The van der Waals surface area contributed by atoms with Crippen molar-refractivity contribution in [2.24, 2.45) is 7.05 Å². The Bertz CT molecular complexity index is 961. The van der Waals surface area contributed by atoms with Gasteiger partial charge in [-0.1, -0.05) is 11.6 Å². The number of thiazole rings is 1. The molecule has 0 atom stereocenters. The fourth-order valence-corrected chi connectivity index (χ4v) is 3.20. The molecule has 4 aromatic rings. The zero-order valence-electron chi connectivity index (χ0n) is 11.6. The van der Waals surface area contributed by atoms with Crippen LogP contribution >= 0.6 is 22.9 Å². The van der Waals surface area contributed by atoms with E-state index in [4.69, 9.17) is 11.6 Å². The van der Waals surface area contributed by atoms with Gasteiger partial charge in [0.25, 0.3) is 0 Å². The van der Waals surface area contributed by atoms with Gasteiger partial charge in [0, 0.05) is 29.8 Å². The highest BCUT2D eigenvalue weighted by atomic mass is 35.5. The van der Waals surface area contributed by atoms with E-state index in [2.05, 4.69) is 19.9 Å². The van der Waals surface area contributed by atoms with Gasteiger partial charge in [0.1, 0.15) is 5.69 Å². The van der Waals surface area contributed by atoms with E-state index < -0.39 is 0 Å². The predicted molar refractivity (Wildman–Crippen MR) is 87.9 cm³/mol. The van der Waals surface area contributed by atoms with Crippen LogP contribution in [0.1, 0.15) is 0 Å². The molecule has 0 spiro atoms. The number of fused-ring (bicyclic) bond motifs is 1. The lowest BCUT2D eigenvalue weighted by molar-refractivity contribution is 0.953. The third kappa shape index (κ3) is 2.17. The average molecular weight is 328 g/mol. The van der Waals surface area contributed by atoms with E-state index in [0.29, 0.717) is 10.8 Å². The van der Waals surface area contributed by atoms with Gasteiger partial charge in [0.2, 0.25) is 0 Å². The molecule has 0 bridgehead atoms. The topological polar surface area (TPSA) is 56.5 Å². The van der Waals surface area contributed by atoms with E-state index in [1.54, 1.807) is 18.5 Å². The quantitative estimate of drug-likeness (QED) is 0.562. The molecule has 0 aliphatic carbocycles. The largest absolute Gasteiger partial charge is 0.326 e. The van der Waals surface area contributed by atoms with Gasteiger partial charge in [-0.3, -0.25) is 0 Å². The first-order chi connectivity index (χ1) is 10.7. The summed E-state index contributed by atoms with van der Waals surface area (Å²) in [6, 6.07) is 7.46. The first-order valence-electron chi connectivity index (χ1n) is 6.57. The molecular weight excluding hydrogens is 318 g/mol. The molecular formula is C15H10ClN5S. The number of benzene rings is 1. The first-order valence-corrected chi connectivity index (χ1v) is 7.83. The Labute approximate surface area is 135 Å². The van der Waals surface area contributed by atoms with Gasteiger partial charge >= 0.3 is 0 Å². The van der Waals surface area contributed by atoms with Crippen molar-refractivity contribution in [3.63, 3.8) is 0 Å². The zero-order valence-corrected chi connectivity index (χ0v) is 13.1. The van der Waals surface area contributed by atoms with Gasteiger partial charge in [-0.25, -0.2) is 19.9 Å². The molecule has 0 saturated heterocycles. The number of hydrogen-bond acceptors (Lipinski definition) is 5. The van der Waals surface area contributed by atoms with Crippen LogP contribution in [0.15, 0.2) is 42.0 Å². The fourth-order valence-electron chi connectivity index (χ4n) is 2.29. The van der Waals surface area contributed by atoms with Crippen LogP contribution in [0.2, 0.25) is 5.02 Å². The molecule has 3 heterocycles. The molecule has 0 unspecified atom stereocenters.